The average Bonchev–Trinajstić information content (AvgIpc) is 3.79. The summed E-state index contributed by atoms with van der Waals surface area (Å²) >= 11 is 10.8. The number of thioether (sulfide) groups is 1. The third kappa shape index (κ3) is 13.9. The van der Waals surface area contributed by atoms with Crippen molar-refractivity contribution in [2.75, 3.05) is 52.9 Å². The van der Waals surface area contributed by atoms with Crippen LogP contribution in [0.25, 0.3) is 0 Å². The smallest absolute Gasteiger partial charge is 0.202 e. The second-order valence-electron chi connectivity index (χ2n) is 14.4. The van der Waals surface area contributed by atoms with E-state index in [4.69, 9.17) is 16.3 Å². The van der Waals surface area contributed by atoms with Crippen molar-refractivity contribution in [1.82, 2.24) is 0 Å². The van der Waals surface area contributed by atoms with E-state index < -0.39 is 52.2 Å². The first-order valence-corrected chi connectivity index (χ1v) is 23.7. The monoisotopic (exact) mass is 998 g/mol. The number of rotatable bonds is 14. The quantitative estimate of drug-likeness (QED) is 0.0358. The van der Waals surface area contributed by atoms with Crippen LogP contribution in [-0.2, 0) is 24.4 Å². The topological polar surface area (TPSA) is 109 Å². The number of para-hydroxylation sites is 1. The Morgan fingerprint density at radius 1 is 0.597 bits per heavy atom. The molecule has 0 amide bonds. The minimum atomic E-state index is -1.25. The molecule has 7 aromatic rings. The molecule has 0 bridgehead atoms. The summed E-state index contributed by atoms with van der Waals surface area (Å²) in [5, 5.41) is 40.3. The summed E-state index contributed by atoms with van der Waals surface area (Å²) in [6.07, 6.45) is 0. The molecule has 0 saturated carbocycles. The molecular weight excluding hydrogens is 954 g/mol. The number of phenolic OH excluding ortho intramolecular Hbond substituents is 3. The van der Waals surface area contributed by atoms with Crippen molar-refractivity contribution in [3.8, 4) is 17.2 Å². The molecule has 8 rings (SSSR count). The van der Waals surface area contributed by atoms with Crippen LogP contribution in [-0.4, -0.2) is 47.4 Å². The van der Waals surface area contributed by atoms with Gasteiger partial charge in [-0.3, -0.25) is 0 Å². The van der Waals surface area contributed by atoms with E-state index in [0.29, 0.717) is 37.9 Å². The zero-order valence-electron chi connectivity index (χ0n) is 35.8. The summed E-state index contributed by atoms with van der Waals surface area (Å²) in [5.41, 5.74) is 4.64. The molecule has 67 heavy (non-hydrogen) atoms. The number of hydrogen-bond acceptors (Lipinski definition) is 11. The van der Waals surface area contributed by atoms with Crippen LogP contribution in [0.3, 0.4) is 0 Å². The van der Waals surface area contributed by atoms with Crippen LogP contribution in [0.15, 0.2) is 135 Å². The number of nitrogens with zero attached hydrogens (tertiary/aromatic N) is 1. The van der Waals surface area contributed by atoms with Gasteiger partial charge in [-0.25, -0.2) is 13.2 Å². The molecule has 1 saturated heterocycles. The molecule has 1 aromatic heterocycles. The van der Waals surface area contributed by atoms with E-state index >= 15 is 0 Å². The highest BCUT2D eigenvalue weighted by atomic mass is 35.5. The Morgan fingerprint density at radius 3 is 1.61 bits per heavy atom. The molecule has 6 N–H and O–H groups in total. The molecule has 0 spiro atoms. The highest BCUT2D eigenvalue weighted by molar-refractivity contribution is 8.01. The van der Waals surface area contributed by atoms with Gasteiger partial charge >= 0.3 is 0 Å². The SMILES string of the molecule is CCSc1ccccc1CNc1ccc(F)c(F)c1O.Oc1c(NCc2ccccc2N2CCOCC2)ccc(F)c1F.Oc1c(NCc2ccsc2Sc2ccc(Cl)cc2)ccc(F)c1F. The van der Waals surface area contributed by atoms with E-state index in [2.05, 4.69) is 27.8 Å². The normalized spacial score (nSPS) is 12.1. The number of thiophene rings is 1. The first-order chi connectivity index (χ1) is 32.3. The van der Waals surface area contributed by atoms with Crippen LogP contribution in [0.2, 0.25) is 5.02 Å². The van der Waals surface area contributed by atoms with Crippen LogP contribution in [0, 0.1) is 34.9 Å². The van der Waals surface area contributed by atoms with Gasteiger partial charge in [0.1, 0.15) is 0 Å². The fourth-order valence-corrected chi connectivity index (χ4v) is 9.48. The molecule has 1 fully saturated rings. The predicted octanol–water partition coefficient (Wildman–Crippen LogP) is 13.7. The van der Waals surface area contributed by atoms with Gasteiger partial charge in [0.25, 0.3) is 0 Å². The maximum atomic E-state index is 13.4. The lowest BCUT2D eigenvalue weighted by molar-refractivity contribution is 0.122. The fourth-order valence-electron chi connectivity index (χ4n) is 6.49. The summed E-state index contributed by atoms with van der Waals surface area (Å²) in [5.74, 6) is -8.07. The third-order valence-electron chi connectivity index (χ3n) is 9.96. The molecule has 1 aliphatic heterocycles. The number of phenols is 3. The van der Waals surface area contributed by atoms with E-state index in [1.54, 1.807) is 34.9 Å². The van der Waals surface area contributed by atoms with E-state index in [0.717, 1.165) is 73.4 Å². The maximum Gasteiger partial charge on any atom is 0.202 e. The summed E-state index contributed by atoms with van der Waals surface area (Å²) in [6.45, 7) is 6.28. The highest BCUT2D eigenvalue weighted by Gasteiger charge is 2.18. The number of hydrogen-bond donors (Lipinski definition) is 6. The van der Waals surface area contributed by atoms with E-state index in [1.165, 1.54) is 18.2 Å². The zero-order chi connectivity index (χ0) is 47.9. The predicted molar refractivity (Wildman–Crippen MR) is 258 cm³/mol. The van der Waals surface area contributed by atoms with E-state index in [-0.39, 0.29) is 17.1 Å². The largest absolute Gasteiger partial charge is 0.503 e. The summed E-state index contributed by atoms with van der Waals surface area (Å²) in [4.78, 5) is 4.41. The van der Waals surface area contributed by atoms with Gasteiger partial charge < -0.3 is 40.9 Å². The number of nitrogens with one attached hydrogen (secondary N) is 3. The van der Waals surface area contributed by atoms with Crippen LogP contribution < -0.4 is 20.9 Å². The standard InChI is InChI=1S/C17H12ClF2NOS2.C17H18F2N2O2.C15H15F2NOS/c18-11-1-3-12(4-2-11)24-17-10(7-8-23-17)9-21-14-6-5-13(19)15(20)16(14)22;18-13-5-6-14(17(22)16(13)19)20-11-12-3-1-2-4-15(12)21-7-9-23-10-8-21;1-2-20-13-6-4-3-5-10(13)9-18-12-8-7-11(16)14(17)15(12)19/h1-8,21-22H,9H2;1-6,20,22H,7-11H2;3-8,18-19H,2,9H2,1H3. The Bertz CT molecular complexity index is 2730. The molecule has 1 aliphatic rings. The van der Waals surface area contributed by atoms with E-state index in [9.17, 15) is 41.7 Å². The number of aromatic hydroxyl groups is 3. The van der Waals surface area contributed by atoms with Crippen LogP contribution >= 0.6 is 46.5 Å². The Morgan fingerprint density at radius 2 is 1.07 bits per heavy atom. The van der Waals surface area contributed by atoms with Crippen molar-refractivity contribution < 1.29 is 46.4 Å². The van der Waals surface area contributed by atoms with Gasteiger partial charge in [0.05, 0.1) is 34.5 Å². The van der Waals surface area contributed by atoms with Crippen molar-refractivity contribution in [3.63, 3.8) is 0 Å². The summed E-state index contributed by atoms with van der Waals surface area (Å²) < 4.78 is 85.5. The summed E-state index contributed by atoms with van der Waals surface area (Å²) in [7, 11) is 0. The van der Waals surface area contributed by atoms with Crippen molar-refractivity contribution in [1.29, 1.82) is 0 Å². The second-order valence-corrected chi connectivity index (χ2v) is 18.4. The Kier molecular flexibility index (Phi) is 18.7. The third-order valence-corrected chi connectivity index (χ3v) is 13.5. The van der Waals surface area contributed by atoms with Crippen molar-refractivity contribution >= 4 is 69.2 Å². The Labute approximate surface area is 401 Å². The summed E-state index contributed by atoms with van der Waals surface area (Å²) in [6, 6.07) is 32.1. The molecule has 18 heteroatoms. The Balaban J connectivity index is 0.000000167. The lowest BCUT2D eigenvalue weighted by Crippen LogP contribution is -2.36. The lowest BCUT2D eigenvalue weighted by atomic mass is 10.1. The van der Waals surface area contributed by atoms with Crippen molar-refractivity contribution in [3.05, 3.63) is 177 Å². The van der Waals surface area contributed by atoms with Gasteiger partial charge in [-0.05, 0) is 107 Å². The first-order valence-electron chi connectivity index (χ1n) is 20.7. The van der Waals surface area contributed by atoms with E-state index in [1.807, 2.05) is 84.2 Å². The van der Waals surface area contributed by atoms with Gasteiger partial charge in [-0.2, -0.15) is 13.2 Å². The minimum Gasteiger partial charge on any atom is -0.503 e. The van der Waals surface area contributed by atoms with Gasteiger partial charge in [-0.15, -0.1) is 23.1 Å². The number of morpholine rings is 1. The molecule has 0 radical (unpaired) electrons. The van der Waals surface area contributed by atoms with Gasteiger partial charge in [0.15, 0.2) is 34.7 Å². The number of benzene rings is 6. The zero-order valence-corrected chi connectivity index (χ0v) is 39.0. The molecule has 0 aliphatic carbocycles. The molecular formula is C49H45ClF6N4O4S3. The van der Waals surface area contributed by atoms with Crippen molar-refractivity contribution in [2.45, 2.75) is 40.6 Å². The number of anilines is 4. The maximum absolute atomic E-state index is 13.4. The second kappa shape index (κ2) is 24.8. The van der Waals surface area contributed by atoms with Crippen LogP contribution in [0.1, 0.15) is 23.6 Å². The van der Waals surface area contributed by atoms with Crippen LogP contribution in [0.5, 0.6) is 17.2 Å². The molecule has 352 valence electrons. The molecule has 0 atom stereocenters. The number of halogens is 7. The fraction of sp³-hybridized carbons (Fsp3) is 0.184. The molecule has 8 nitrogen and oxygen atoms in total. The van der Waals surface area contributed by atoms with Crippen molar-refractivity contribution in [2.24, 2.45) is 0 Å². The number of ether oxygens (including phenoxy) is 1. The molecule has 6 aromatic carbocycles. The average molecular weight is 1000 g/mol. The highest BCUT2D eigenvalue weighted by Crippen LogP contribution is 2.37. The van der Waals surface area contributed by atoms with Gasteiger partial charge in [0, 0.05) is 53.2 Å². The molecule has 0 unspecified atom stereocenters. The van der Waals surface area contributed by atoms with Gasteiger partial charge in [0.2, 0.25) is 17.5 Å². The Hall–Kier alpha value is -5.85. The molecule has 2 heterocycles. The van der Waals surface area contributed by atoms with Crippen LogP contribution in [0.4, 0.5) is 49.1 Å². The van der Waals surface area contributed by atoms with Gasteiger partial charge in [-0.1, -0.05) is 66.7 Å². The lowest BCUT2D eigenvalue weighted by Gasteiger charge is -2.30. The minimum absolute atomic E-state index is 0.155. The first kappa shape index (κ1) is 50.6.